The molecule has 3 rings (SSSR count). The second-order valence-corrected chi connectivity index (χ2v) is 6.74. The van der Waals surface area contributed by atoms with Gasteiger partial charge in [0.05, 0.1) is 5.69 Å². The fourth-order valence-corrected chi connectivity index (χ4v) is 3.86. The van der Waals surface area contributed by atoms with Gasteiger partial charge in [0, 0.05) is 17.2 Å². The van der Waals surface area contributed by atoms with Gasteiger partial charge < -0.3 is 0 Å². The van der Waals surface area contributed by atoms with E-state index in [1.54, 1.807) is 6.20 Å². The molecule has 0 saturated heterocycles. The number of hydrogen-bond donors (Lipinski definition) is 1. The van der Waals surface area contributed by atoms with Crippen LogP contribution in [0, 0.1) is 16.7 Å². The summed E-state index contributed by atoms with van der Waals surface area (Å²) in [6, 6.07) is 9.27. The van der Waals surface area contributed by atoms with Crippen molar-refractivity contribution in [2.75, 3.05) is 5.06 Å². The fraction of sp³-hybridized carbons (Fsp3) is 0.471. The molecule has 0 spiro atoms. The molecule has 0 radical (unpaired) electrons. The highest BCUT2D eigenvalue weighted by Gasteiger charge is 2.64. The van der Waals surface area contributed by atoms with Crippen LogP contribution in [0.5, 0.6) is 0 Å². The van der Waals surface area contributed by atoms with Crippen molar-refractivity contribution < 1.29 is 10.0 Å². The Morgan fingerprint density at radius 3 is 2.45 bits per heavy atom. The van der Waals surface area contributed by atoms with E-state index in [1.807, 2.05) is 30.3 Å². The number of allylic oxidation sites excluding steroid dienone is 1. The lowest BCUT2D eigenvalue weighted by atomic mass is 9.70. The normalized spacial score (nSPS) is 32.9. The third kappa shape index (κ3) is 1.59. The standard InChI is InChI=1S/C17H21NO2/c1-16(2)14-9-10-17(16,3)15(19)13(14)11-18(20)12-7-5-4-6-8-12/h4-8,11,14,20H,9-10H2,1-3H3/t14-,17-/m0/s1. The highest BCUT2D eigenvalue weighted by molar-refractivity contribution is 6.04. The Morgan fingerprint density at radius 1 is 1.25 bits per heavy atom. The van der Waals surface area contributed by atoms with Gasteiger partial charge in [-0.1, -0.05) is 39.0 Å². The average Bonchev–Trinajstić information content (AvgIpc) is 2.74. The molecule has 106 valence electrons. The Hall–Kier alpha value is -1.61. The van der Waals surface area contributed by atoms with Crippen molar-refractivity contribution in [3.05, 3.63) is 42.1 Å². The van der Waals surface area contributed by atoms with Gasteiger partial charge in [-0.2, -0.15) is 0 Å². The summed E-state index contributed by atoms with van der Waals surface area (Å²) in [6.07, 6.45) is 3.61. The first-order valence-electron chi connectivity index (χ1n) is 7.17. The third-order valence-corrected chi connectivity index (χ3v) is 5.65. The topological polar surface area (TPSA) is 40.5 Å². The lowest BCUT2D eigenvalue weighted by molar-refractivity contribution is -0.125. The van der Waals surface area contributed by atoms with Gasteiger partial charge in [-0.25, -0.2) is 5.06 Å². The highest BCUT2D eigenvalue weighted by Crippen LogP contribution is 2.65. The molecule has 0 aromatic heterocycles. The van der Waals surface area contributed by atoms with Crippen LogP contribution in [0.3, 0.4) is 0 Å². The number of ketones is 1. The smallest absolute Gasteiger partial charge is 0.167 e. The van der Waals surface area contributed by atoms with Crippen LogP contribution in [0.2, 0.25) is 0 Å². The Morgan fingerprint density at radius 2 is 1.90 bits per heavy atom. The monoisotopic (exact) mass is 271 g/mol. The summed E-state index contributed by atoms with van der Waals surface area (Å²) in [6.45, 7) is 6.42. The molecule has 2 atom stereocenters. The minimum atomic E-state index is -0.277. The molecule has 1 N–H and O–H groups in total. The van der Waals surface area contributed by atoms with E-state index in [9.17, 15) is 10.0 Å². The van der Waals surface area contributed by atoms with Crippen LogP contribution in [-0.4, -0.2) is 11.0 Å². The molecule has 2 bridgehead atoms. The maximum Gasteiger partial charge on any atom is 0.167 e. The number of Topliss-reactive ketones (excluding diaryl/α,β-unsaturated/α-hetero) is 1. The molecular weight excluding hydrogens is 250 g/mol. The number of anilines is 1. The van der Waals surface area contributed by atoms with Crippen molar-refractivity contribution >= 4 is 11.5 Å². The first kappa shape index (κ1) is 13.4. The predicted molar refractivity (Wildman–Crippen MR) is 78.4 cm³/mol. The van der Waals surface area contributed by atoms with Crippen LogP contribution in [0.15, 0.2) is 42.1 Å². The molecule has 20 heavy (non-hydrogen) atoms. The Bertz CT molecular complexity index is 576. The molecule has 0 unspecified atom stereocenters. The van der Waals surface area contributed by atoms with Crippen molar-refractivity contribution in [2.45, 2.75) is 33.6 Å². The Labute approximate surface area is 119 Å². The maximum absolute atomic E-state index is 12.7. The molecule has 0 aliphatic heterocycles. The first-order valence-corrected chi connectivity index (χ1v) is 7.17. The van der Waals surface area contributed by atoms with Crippen LogP contribution in [0.4, 0.5) is 5.69 Å². The molecule has 2 aliphatic rings. The first-order chi connectivity index (χ1) is 9.38. The summed E-state index contributed by atoms with van der Waals surface area (Å²) in [5.41, 5.74) is 1.16. The highest BCUT2D eigenvalue weighted by atomic mass is 16.5. The second-order valence-electron chi connectivity index (χ2n) is 6.74. The zero-order chi connectivity index (χ0) is 14.5. The molecule has 2 fully saturated rings. The number of hydrogen-bond acceptors (Lipinski definition) is 3. The van der Waals surface area contributed by atoms with Crippen LogP contribution < -0.4 is 5.06 Å². The van der Waals surface area contributed by atoms with E-state index in [0.717, 1.165) is 23.5 Å². The number of benzene rings is 1. The molecule has 2 aliphatic carbocycles. The van der Waals surface area contributed by atoms with E-state index >= 15 is 0 Å². The summed E-state index contributed by atoms with van der Waals surface area (Å²) in [5, 5.41) is 11.3. The predicted octanol–water partition coefficient (Wildman–Crippen LogP) is 3.79. The van der Waals surface area contributed by atoms with Crippen molar-refractivity contribution in [3.8, 4) is 0 Å². The van der Waals surface area contributed by atoms with E-state index in [0.29, 0.717) is 5.69 Å². The summed E-state index contributed by atoms with van der Waals surface area (Å²) >= 11 is 0. The molecule has 0 heterocycles. The molecule has 0 amide bonds. The van der Waals surface area contributed by atoms with E-state index in [-0.39, 0.29) is 22.5 Å². The van der Waals surface area contributed by atoms with Gasteiger partial charge in [0.15, 0.2) is 5.78 Å². The van der Waals surface area contributed by atoms with Gasteiger partial charge >= 0.3 is 0 Å². The van der Waals surface area contributed by atoms with E-state index in [4.69, 9.17) is 0 Å². The SMILES string of the molecule is CC1(C)[C@H]2CC[C@@]1(C)C(=O)C2=CN(O)c1ccccc1. The number of carbonyl (C=O) groups is 1. The Kier molecular flexibility index (Phi) is 2.80. The number of para-hydroxylation sites is 1. The quantitative estimate of drug-likeness (QED) is 0.657. The molecule has 3 nitrogen and oxygen atoms in total. The number of hydroxylamine groups is 1. The van der Waals surface area contributed by atoms with Crippen molar-refractivity contribution in [2.24, 2.45) is 16.7 Å². The lowest BCUT2D eigenvalue weighted by Crippen LogP contribution is -2.32. The van der Waals surface area contributed by atoms with Crippen LogP contribution in [0.25, 0.3) is 0 Å². The van der Waals surface area contributed by atoms with Gasteiger partial charge in [-0.3, -0.25) is 10.0 Å². The molecule has 2 saturated carbocycles. The summed E-state index contributed by atoms with van der Waals surface area (Å²) in [7, 11) is 0. The third-order valence-electron chi connectivity index (χ3n) is 5.65. The summed E-state index contributed by atoms with van der Waals surface area (Å²) < 4.78 is 0. The largest absolute Gasteiger partial charge is 0.294 e. The van der Waals surface area contributed by atoms with Crippen molar-refractivity contribution in [1.82, 2.24) is 0 Å². The fourth-order valence-electron chi connectivity index (χ4n) is 3.86. The van der Waals surface area contributed by atoms with Gasteiger partial charge in [-0.15, -0.1) is 0 Å². The van der Waals surface area contributed by atoms with E-state index in [2.05, 4.69) is 20.8 Å². The van der Waals surface area contributed by atoms with Gasteiger partial charge in [0.25, 0.3) is 0 Å². The summed E-state index contributed by atoms with van der Waals surface area (Å²) in [4.78, 5) is 12.7. The average molecular weight is 271 g/mol. The maximum atomic E-state index is 12.7. The lowest BCUT2D eigenvalue weighted by Gasteiger charge is -2.31. The van der Waals surface area contributed by atoms with Crippen molar-refractivity contribution in [1.29, 1.82) is 0 Å². The minimum absolute atomic E-state index is 0.0204. The zero-order valence-electron chi connectivity index (χ0n) is 12.3. The summed E-state index contributed by atoms with van der Waals surface area (Å²) in [5.74, 6) is 0.451. The number of rotatable bonds is 2. The van der Waals surface area contributed by atoms with Crippen molar-refractivity contribution in [3.63, 3.8) is 0 Å². The molecule has 1 aromatic rings. The van der Waals surface area contributed by atoms with E-state index < -0.39 is 0 Å². The Balaban J connectivity index is 1.96. The van der Waals surface area contributed by atoms with Crippen LogP contribution >= 0.6 is 0 Å². The van der Waals surface area contributed by atoms with Crippen LogP contribution in [0.1, 0.15) is 33.6 Å². The minimum Gasteiger partial charge on any atom is -0.294 e. The number of fused-ring (bicyclic) bond motifs is 2. The van der Waals surface area contributed by atoms with Crippen LogP contribution in [-0.2, 0) is 4.79 Å². The molecule has 3 heteroatoms. The van der Waals surface area contributed by atoms with Gasteiger partial charge in [0.1, 0.15) is 0 Å². The zero-order valence-corrected chi connectivity index (χ0v) is 12.3. The van der Waals surface area contributed by atoms with E-state index in [1.165, 1.54) is 0 Å². The molecule has 1 aromatic carbocycles. The number of carbonyl (C=O) groups excluding carboxylic acids is 1. The van der Waals surface area contributed by atoms with Gasteiger partial charge in [0.2, 0.25) is 0 Å². The molecular formula is C17H21NO2. The van der Waals surface area contributed by atoms with Gasteiger partial charge in [-0.05, 0) is 36.3 Å². The second kappa shape index (κ2) is 4.19. The number of nitrogens with zero attached hydrogens (tertiary/aromatic N) is 1.